The van der Waals surface area contributed by atoms with Gasteiger partial charge in [0.1, 0.15) is 29.3 Å². The monoisotopic (exact) mass is 1390 g/mol. The maximum atomic E-state index is 13.7. The molecule has 0 radical (unpaired) electrons. The van der Waals surface area contributed by atoms with Gasteiger partial charge < -0.3 is 32.8 Å². The van der Waals surface area contributed by atoms with Crippen LogP contribution in [0.3, 0.4) is 0 Å². The third-order valence-electron chi connectivity index (χ3n) is 18.7. The lowest BCUT2D eigenvalue weighted by atomic mass is 10.2. The van der Waals surface area contributed by atoms with Gasteiger partial charge in [0.25, 0.3) is 16.6 Å². The van der Waals surface area contributed by atoms with Crippen LogP contribution in [0.25, 0.3) is 44.4 Å². The van der Waals surface area contributed by atoms with Crippen LogP contribution in [0, 0.1) is 0 Å². The smallest absolute Gasteiger partial charge is 0.329 e. The number of aromatic amines is 1. The standard InChI is InChI=1S/C36H39ClN6O2Si.C27H32ClN3O2Si.C9H9N3O.C4H8O/c1-36(2,3)46(28-12-6-4-7-13-28,29-14-8-5-9-15-29)45-21-11-10-20-41-33(40-30-22-26(37)23-39-34(30)41)25-42-32-24-38-19-18-31(32)43(35(42)44)27-16-17-27;1-27(2,3)34(22-12-6-4-7-13-22,23-14-8-5-9-15-23)33-17-11-10-16-31-25(20-32)30-24-18-21(28)19-29-26(24)31;13-9-11-7-5-10-4-3-8(7)12(9)6-1-2-6;1-2-4-5-3-1/h4-9,12-15,18-19,22-24,27H,10-11,16-17,20-21,25H2,1-3H3;4-9,12-15,18-19,32H,10-11,16-17,20H2,1-3H3;3-6H,1-2H2,(H,11,13);1-4H2. The Morgan fingerprint density at radius 2 is 0.980 bits per heavy atom. The number of ether oxygens (including phenoxy) is 1. The highest BCUT2D eigenvalue weighted by atomic mass is 35.5. The van der Waals surface area contributed by atoms with Crippen LogP contribution in [0.1, 0.15) is 129 Å². The van der Waals surface area contributed by atoms with Gasteiger partial charge in [0.2, 0.25) is 0 Å². The minimum atomic E-state index is -2.60. The van der Waals surface area contributed by atoms with Crippen LogP contribution >= 0.6 is 23.2 Å². The van der Waals surface area contributed by atoms with Crippen LogP contribution in [0.15, 0.2) is 192 Å². The Labute approximate surface area is 583 Å². The highest BCUT2D eigenvalue weighted by Crippen LogP contribution is 2.40. The van der Waals surface area contributed by atoms with Crippen molar-refractivity contribution in [2.75, 3.05) is 26.4 Å². The molecule has 98 heavy (non-hydrogen) atoms. The van der Waals surface area contributed by atoms with E-state index in [1.807, 2.05) is 31.9 Å². The molecule has 0 spiro atoms. The maximum Gasteiger partial charge on any atom is 0.329 e. The van der Waals surface area contributed by atoms with Crippen LogP contribution in [0.5, 0.6) is 0 Å². The normalized spacial score (nSPS) is 14.3. The Morgan fingerprint density at radius 3 is 1.42 bits per heavy atom. The number of halogens is 2. The molecule has 3 fully saturated rings. The fourth-order valence-corrected chi connectivity index (χ4v) is 23.3. The van der Waals surface area contributed by atoms with Crippen molar-refractivity contribution >= 4 is 105 Å². The van der Waals surface area contributed by atoms with Crippen LogP contribution in [-0.4, -0.2) is 106 Å². The van der Waals surface area contributed by atoms with Crippen LogP contribution in [-0.2, 0) is 39.8 Å². The summed E-state index contributed by atoms with van der Waals surface area (Å²) in [6, 6.07) is 51.0. The zero-order chi connectivity index (χ0) is 68.4. The Hall–Kier alpha value is -8.19. The molecular weight excluding hydrogens is 1300 g/mol. The lowest BCUT2D eigenvalue weighted by Crippen LogP contribution is -2.66. The largest absolute Gasteiger partial charge is 0.407 e. The quantitative estimate of drug-likeness (QED) is 0.0510. The van der Waals surface area contributed by atoms with Gasteiger partial charge in [0.05, 0.1) is 51.1 Å². The second-order valence-corrected chi connectivity index (χ2v) is 37.0. The number of benzene rings is 4. The number of aryl methyl sites for hydroxylation is 2. The second-order valence-electron chi connectivity index (χ2n) is 27.5. The van der Waals surface area contributed by atoms with E-state index in [1.54, 1.807) is 47.8 Å². The van der Waals surface area contributed by atoms with Gasteiger partial charge in [-0.15, -0.1) is 0 Å². The first-order chi connectivity index (χ1) is 47.5. The maximum absolute atomic E-state index is 13.7. The number of imidazole rings is 4. The van der Waals surface area contributed by atoms with Crippen molar-refractivity contribution in [3.63, 3.8) is 0 Å². The molecule has 0 amide bonds. The molecule has 9 heterocycles. The summed E-state index contributed by atoms with van der Waals surface area (Å²) in [6.45, 7) is 18.7. The summed E-state index contributed by atoms with van der Waals surface area (Å²) in [4.78, 5) is 54.8. The number of nitrogens with one attached hydrogen (secondary N) is 1. The second kappa shape index (κ2) is 30.9. The third-order valence-corrected chi connectivity index (χ3v) is 29.2. The Bertz CT molecular complexity index is 4640. The van der Waals surface area contributed by atoms with Crippen molar-refractivity contribution < 1.29 is 18.7 Å². The van der Waals surface area contributed by atoms with Crippen molar-refractivity contribution in [2.45, 2.75) is 154 Å². The fourth-order valence-electron chi connectivity index (χ4n) is 13.8. The van der Waals surface area contributed by atoms with E-state index in [0.29, 0.717) is 60.3 Å². The number of nitrogens with zero attached hydrogens (tertiary/aromatic N) is 11. The molecule has 8 aromatic heterocycles. The van der Waals surface area contributed by atoms with Gasteiger partial charge in [-0.1, -0.05) is 186 Å². The Balaban J connectivity index is 0.000000152. The SMILES string of the molecule is C1CCOC1.CC(C)(C)[Si](OCCCCn1c(CO)nc2cc(Cl)cnc21)(c1ccccc1)c1ccccc1.CC(C)(C)[Si](OCCCCn1c(Cn2c(=O)n(C3CC3)c3ccncc32)nc2cc(Cl)cnc21)(c1ccccc1)c1ccccc1.O=c1[nH]c2cnccc2n1C1CC1. The molecule has 1 saturated heterocycles. The predicted octanol–water partition coefficient (Wildman–Crippen LogP) is 13.1. The van der Waals surface area contributed by atoms with Crippen molar-refractivity contribution in [2.24, 2.45) is 0 Å². The Morgan fingerprint density at radius 1 is 0.541 bits per heavy atom. The minimum absolute atomic E-state index is 0.00880. The number of aliphatic hydroxyl groups excluding tert-OH is 1. The van der Waals surface area contributed by atoms with Gasteiger partial charge >= 0.3 is 11.4 Å². The molecule has 4 aromatic carbocycles. The molecule has 0 unspecified atom stereocenters. The summed E-state index contributed by atoms with van der Waals surface area (Å²) in [6.07, 6.45) is 20.6. The van der Waals surface area contributed by atoms with Gasteiger partial charge in [0.15, 0.2) is 11.3 Å². The molecule has 15 rings (SSSR count). The van der Waals surface area contributed by atoms with Crippen LogP contribution in [0.2, 0.25) is 20.1 Å². The first-order valence-corrected chi connectivity index (χ1v) is 38.9. The summed E-state index contributed by atoms with van der Waals surface area (Å²) in [5.74, 6) is 1.39. The summed E-state index contributed by atoms with van der Waals surface area (Å²) in [5.41, 5.74) is 6.48. The van der Waals surface area contributed by atoms with E-state index in [2.05, 4.69) is 197 Å². The molecule has 18 nitrogen and oxygen atoms in total. The van der Waals surface area contributed by atoms with Crippen molar-refractivity contribution in [3.8, 4) is 0 Å². The molecule has 22 heteroatoms. The fraction of sp³-hybridized carbons (Fsp3) is 0.368. The van der Waals surface area contributed by atoms with E-state index in [0.717, 1.165) is 109 Å². The van der Waals surface area contributed by atoms with E-state index in [9.17, 15) is 14.7 Å². The van der Waals surface area contributed by atoms with Crippen molar-refractivity contribution in [1.29, 1.82) is 0 Å². The number of hydrogen-bond acceptors (Lipinski definition) is 12. The molecule has 2 saturated carbocycles. The van der Waals surface area contributed by atoms with Crippen molar-refractivity contribution in [3.05, 3.63) is 225 Å². The van der Waals surface area contributed by atoms with Gasteiger partial charge in [0, 0.05) is 76.4 Å². The summed E-state index contributed by atoms with van der Waals surface area (Å²) in [7, 11) is -5.12. The number of aliphatic hydroxyl groups is 1. The highest BCUT2D eigenvalue weighted by Gasteiger charge is 2.51. The number of aromatic nitrogens is 12. The van der Waals surface area contributed by atoms with E-state index < -0.39 is 16.6 Å². The first kappa shape index (κ1) is 69.7. The summed E-state index contributed by atoms with van der Waals surface area (Å²) >= 11 is 12.4. The molecule has 2 aliphatic carbocycles. The van der Waals surface area contributed by atoms with Gasteiger partial charge in [-0.05, 0) is 119 Å². The molecule has 1 aliphatic heterocycles. The molecule has 0 bridgehead atoms. The average Bonchev–Trinajstić information content (AvgIpc) is 1.20. The number of unbranched alkanes of at least 4 members (excludes halogenated alkanes) is 2. The van der Waals surface area contributed by atoms with E-state index in [1.165, 1.54) is 33.6 Å². The number of rotatable bonds is 21. The summed E-state index contributed by atoms with van der Waals surface area (Å²) < 4.78 is 28.7. The highest BCUT2D eigenvalue weighted by molar-refractivity contribution is 7.00. The molecule has 510 valence electrons. The zero-order valence-corrected chi connectivity index (χ0v) is 60.4. The number of fused-ring (bicyclic) bond motifs is 4. The van der Waals surface area contributed by atoms with Crippen molar-refractivity contribution in [1.82, 2.24) is 57.7 Å². The first-order valence-electron chi connectivity index (χ1n) is 34.3. The van der Waals surface area contributed by atoms with Gasteiger partial charge in [-0.3, -0.25) is 23.7 Å². The van der Waals surface area contributed by atoms with Gasteiger partial charge in [-0.2, -0.15) is 0 Å². The van der Waals surface area contributed by atoms with E-state index >= 15 is 0 Å². The molecule has 0 atom stereocenters. The topological polar surface area (TPSA) is 200 Å². The van der Waals surface area contributed by atoms with E-state index in [-0.39, 0.29) is 34.1 Å². The van der Waals surface area contributed by atoms with Gasteiger partial charge in [-0.25, -0.2) is 29.5 Å². The summed E-state index contributed by atoms with van der Waals surface area (Å²) in [5, 5.41) is 15.9. The molecule has 12 aromatic rings. The lowest BCUT2D eigenvalue weighted by molar-refractivity contribution is 0.198. The minimum Gasteiger partial charge on any atom is -0.407 e. The van der Waals surface area contributed by atoms with E-state index in [4.69, 9.17) is 41.8 Å². The third kappa shape index (κ3) is 15.2. The zero-order valence-electron chi connectivity index (χ0n) is 56.9. The molecule has 3 aliphatic rings. The Kier molecular flexibility index (Phi) is 22.0. The number of pyridine rings is 4. The van der Waals surface area contributed by atoms with Crippen LogP contribution in [0.4, 0.5) is 0 Å². The molecular formula is C76H88Cl2N12O6Si2. The van der Waals surface area contributed by atoms with Crippen LogP contribution < -0.4 is 32.1 Å². The predicted molar refractivity (Wildman–Crippen MR) is 397 cm³/mol. The lowest BCUT2D eigenvalue weighted by Gasteiger charge is -2.43. The molecule has 2 N–H and O–H groups in total. The average molecular weight is 1390 g/mol. The number of hydrogen-bond donors (Lipinski definition) is 2. The number of H-pyrrole nitrogens is 1.